The van der Waals surface area contributed by atoms with E-state index in [9.17, 15) is 0 Å². The molecule has 0 fully saturated rings. The van der Waals surface area contributed by atoms with E-state index in [1.54, 1.807) is 0 Å². The Morgan fingerprint density at radius 3 is 2.22 bits per heavy atom. The minimum absolute atomic E-state index is 0.585. The van der Waals surface area contributed by atoms with Crippen molar-refractivity contribution in [3.8, 4) is 0 Å². The Labute approximate surface area is 117 Å². The maximum atomic E-state index is 4.53. The number of rotatable bonds is 3. The normalized spacial score (nSPS) is 11.2. The number of aromatic nitrogens is 2. The third-order valence-electron chi connectivity index (χ3n) is 3.27. The van der Waals surface area contributed by atoms with Crippen LogP contribution in [0.2, 0.25) is 0 Å². The SMILES string of the molecule is Cc1nn(Cc2ccc(C(C)C)cc2)c(C)c1Br. The van der Waals surface area contributed by atoms with Gasteiger partial charge >= 0.3 is 0 Å². The summed E-state index contributed by atoms with van der Waals surface area (Å²) < 4.78 is 3.16. The van der Waals surface area contributed by atoms with E-state index >= 15 is 0 Å². The average Bonchev–Trinajstić information content (AvgIpc) is 2.58. The number of nitrogens with zero attached hydrogens (tertiary/aromatic N) is 2. The van der Waals surface area contributed by atoms with E-state index in [-0.39, 0.29) is 0 Å². The highest BCUT2D eigenvalue weighted by molar-refractivity contribution is 9.10. The molecule has 0 aliphatic heterocycles. The van der Waals surface area contributed by atoms with Gasteiger partial charge in [0.25, 0.3) is 0 Å². The van der Waals surface area contributed by atoms with Crippen LogP contribution in [0.15, 0.2) is 28.7 Å². The highest BCUT2D eigenvalue weighted by Gasteiger charge is 2.08. The molecule has 0 aliphatic rings. The summed E-state index contributed by atoms with van der Waals surface area (Å²) in [5.74, 6) is 0.585. The fraction of sp³-hybridized carbons (Fsp3) is 0.400. The van der Waals surface area contributed by atoms with Gasteiger partial charge in [-0.05, 0) is 46.8 Å². The molecule has 1 aromatic carbocycles. The number of hydrogen-bond donors (Lipinski definition) is 0. The Morgan fingerprint density at radius 2 is 1.78 bits per heavy atom. The molecular formula is C15H19BrN2. The zero-order valence-electron chi connectivity index (χ0n) is 11.4. The van der Waals surface area contributed by atoms with Gasteiger partial charge in [0.1, 0.15) is 0 Å². The summed E-state index contributed by atoms with van der Waals surface area (Å²) >= 11 is 3.56. The molecule has 18 heavy (non-hydrogen) atoms. The molecule has 0 amide bonds. The van der Waals surface area contributed by atoms with Gasteiger partial charge in [0, 0.05) is 0 Å². The van der Waals surface area contributed by atoms with Crippen molar-refractivity contribution in [2.45, 2.75) is 40.2 Å². The molecule has 0 saturated heterocycles. The highest BCUT2D eigenvalue weighted by Crippen LogP contribution is 2.21. The zero-order valence-corrected chi connectivity index (χ0v) is 13.0. The zero-order chi connectivity index (χ0) is 13.3. The van der Waals surface area contributed by atoms with Crippen molar-refractivity contribution >= 4 is 15.9 Å². The summed E-state index contributed by atoms with van der Waals surface area (Å²) in [5.41, 5.74) is 4.90. The second-order valence-corrected chi connectivity index (χ2v) is 5.83. The van der Waals surface area contributed by atoms with Gasteiger partial charge in [0.2, 0.25) is 0 Å². The second-order valence-electron chi connectivity index (χ2n) is 5.04. The van der Waals surface area contributed by atoms with E-state index < -0.39 is 0 Å². The number of aryl methyl sites for hydroxylation is 1. The maximum Gasteiger partial charge on any atom is 0.0738 e. The van der Waals surface area contributed by atoms with E-state index in [1.165, 1.54) is 16.8 Å². The largest absolute Gasteiger partial charge is 0.264 e. The lowest BCUT2D eigenvalue weighted by Gasteiger charge is -2.08. The molecule has 2 rings (SSSR count). The van der Waals surface area contributed by atoms with Crippen molar-refractivity contribution in [2.24, 2.45) is 0 Å². The van der Waals surface area contributed by atoms with Gasteiger partial charge in [-0.3, -0.25) is 4.68 Å². The Kier molecular flexibility index (Phi) is 3.91. The lowest BCUT2D eigenvalue weighted by molar-refractivity contribution is 0.658. The average molecular weight is 307 g/mol. The summed E-state index contributed by atoms with van der Waals surface area (Å²) in [4.78, 5) is 0. The molecule has 0 saturated carbocycles. The summed E-state index contributed by atoms with van der Waals surface area (Å²) in [6.07, 6.45) is 0. The molecule has 1 heterocycles. The van der Waals surface area contributed by atoms with Crippen molar-refractivity contribution in [3.05, 3.63) is 51.3 Å². The van der Waals surface area contributed by atoms with Crippen molar-refractivity contribution < 1.29 is 0 Å². The summed E-state index contributed by atoms with van der Waals surface area (Å²) in [6.45, 7) is 9.37. The van der Waals surface area contributed by atoms with E-state index in [2.05, 4.69) is 66.1 Å². The number of hydrogen-bond acceptors (Lipinski definition) is 1. The summed E-state index contributed by atoms with van der Waals surface area (Å²) in [7, 11) is 0. The fourth-order valence-electron chi connectivity index (χ4n) is 2.01. The number of benzene rings is 1. The molecule has 0 unspecified atom stereocenters. The van der Waals surface area contributed by atoms with Crippen molar-refractivity contribution in [1.29, 1.82) is 0 Å². The smallest absolute Gasteiger partial charge is 0.0738 e. The predicted octanol–water partition coefficient (Wildman–Crippen LogP) is 4.43. The molecule has 0 bridgehead atoms. The first-order valence-electron chi connectivity index (χ1n) is 6.27. The van der Waals surface area contributed by atoms with Crippen LogP contribution in [-0.2, 0) is 6.54 Å². The Morgan fingerprint density at radius 1 is 1.17 bits per heavy atom. The van der Waals surface area contributed by atoms with Crippen LogP contribution in [0.4, 0.5) is 0 Å². The summed E-state index contributed by atoms with van der Waals surface area (Å²) in [5, 5.41) is 4.53. The first kappa shape index (κ1) is 13.3. The minimum Gasteiger partial charge on any atom is -0.264 e. The molecule has 0 spiro atoms. The molecule has 2 aromatic rings. The molecular weight excluding hydrogens is 288 g/mol. The second kappa shape index (κ2) is 5.27. The molecule has 96 valence electrons. The quantitative estimate of drug-likeness (QED) is 0.820. The van der Waals surface area contributed by atoms with Gasteiger partial charge in [-0.2, -0.15) is 5.10 Å². The van der Waals surface area contributed by atoms with Gasteiger partial charge in [0.15, 0.2) is 0 Å². The van der Waals surface area contributed by atoms with Crippen molar-refractivity contribution in [3.63, 3.8) is 0 Å². The molecule has 0 atom stereocenters. The topological polar surface area (TPSA) is 17.8 Å². The van der Waals surface area contributed by atoms with Crippen LogP contribution in [0.25, 0.3) is 0 Å². The third kappa shape index (κ3) is 2.66. The Hall–Kier alpha value is -1.09. The van der Waals surface area contributed by atoms with Crippen LogP contribution < -0.4 is 0 Å². The van der Waals surface area contributed by atoms with Crippen LogP contribution in [0.3, 0.4) is 0 Å². The first-order chi connectivity index (χ1) is 8.49. The third-order valence-corrected chi connectivity index (χ3v) is 4.42. The standard InChI is InChI=1S/C15H19BrN2/c1-10(2)14-7-5-13(6-8-14)9-18-12(4)15(16)11(3)17-18/h5-8,10H,9H2,1-4H3. The summed E-state index contributed by atoms with van der Waals surface area (Å²) in [6, 6.07) is 8.81. The molecule has 0 aliphatic carbocycles. The van der Waals surface area contributed by atoms with Crippen LogP contribution >= 0.6 is 15.9 Å². The molecule has 1 aromatic heterocycles. The van der Waals surface area contributed by atoms with E-state index in [0.29, 0.717) is 5.92 Å². The fourth-order valence-corrected chi connectivity index (χ4v) is 2.29. The lowest BCUT2D eigenvalue weighted by atomic mass is 10.0. The van der Waals surface area contributed by atoms with E-state index in [1.807, 2.05) is 11.6 Å². The highest BCUT2D eigenvalue weighted by atomic mass is 79.9. The van der Waals surface area contributed by atoms with Gasteiger partial charge < -0.3 is 0 Å². The van der Waals surface area contributed by atoms with Gasteiger partial charge in [-0.1, -0.05) is 38.1 Å². The van der Waals surface area contributed by atoms with Crippen LogP contribution in [-0.4, -0.2) is 9.78 Å². The van der Waals surface area contributed by atoms with Crippen molar-refractivity contribution in [1.82, 2.24) is 9.78 Å². The maximum absolute atomic E-state index is 4.53. The first-order valence-corrected chi connectivity index (χ1v) is 7.06. The number of halogens is 1. The minimum atomic E-state index is 0.585. The van der Waals surface area contributed by atoms with Gasteiger partial charge in [-0.15, -0.1) is 0 Å². The molecule has 0 radical (unpaired) electrons. The Balaban J connectivity index is 2.21. The molecule has 0 N–H and O–H groups in total. The molecule has 2 nitrogen and oxygen atoms in total. The monoisotopic (exact) mass is 306 g/mol. The van der Waals surface area contributed by atoms with Crippen molar-refractivity contribution in [2.75, 3.05) is 0 Å². The van der Waals surface area contributed by atoms with Crippen LogP contribution in [0.5, 0.6) is 0 Å². The predicted molar refractivity (Wildman–Crippen MR) is 79.0 cm³/mol. The van der Waals surface area contributed by atoms with Crippen LogP contribution in [0.1, 0.15) is 42.3 Å². The molecule has 3 heteroatoms. The van der Waals surface area contributed by atoms with E-state index in [0.717, 1.165) is 16.7 Å². The Bertz CT molecular complexity index is 538. The van der Waals surface area contributed by atoms with Gasteiger partial charge in [0.05, 0.1) is 22.4 Å². The van der Waals surface area contributed by atoms with Crippen LogP contribution in [0, 0.1) is 13.8 Å². The van der Waals surface area contributed by atoms with Gasteiger partial charge in [-0.25, -0.2) is 0 Å². The lowest BCUT2D eigenvalue weighted by Crippen LogP contribution is -2.04. The van der Waals surface area contributed by atoms with E-state index in [4.69, 9.17) is 0 Å².